The first-order valence-corrected chi connectivity index (χ1v) is 6.69. The maximum Gasteiger partial charge on any atom is 0.254 e. The van der Waals surface area contributed by atoms with E-state index in [9.17, 15) is 9.59 Å². The predicted octanol–water partition coefficient (Wildman–Crippen LogP) is 1.02. The standard InChI is InChI=1S/C15H20N2O3/c1-9-4-5-12(10(2)6-9)15(19)17-7-11(3)20-13(8-17)14(16)18/h4-6,11,13H,7-8H2,1-3H3,(H2,16,18)/t11-,13?/m1/s1. The lowest BCUT2D eigenvalue weighted by molar-refractivity contribution is -0.140. The average molecular weight is 276 g/mol. The van der Waals surface area contributed by atoms with Crippen molar-refractivity contribution in [2.75, 3.05) is 13.1 Å². The van der Waals surface area contributed by atoms with Gasteiger partial charge in [-0.15, -0.1) is 0 Å². The van der Waals surface area contributed by atoms with Crippen LogP contribution in [0.1, 0.15) is 28.4 Å². The molecule has 1 heterocycles. The minimum atomic E-state index is -0.728. The minimum Gasteiger partial charge on any atom is -0.367 e. The highest BCUT2D eigenvalue weighted by molar-refractivity contribution is 5.96. The van der Waals surface area contributed by atoms with Gasteiger partial charge in [0.15, 0.2) is 6.10 Å². The van der Waals surface area contributed by atoms with Gasteiger partial charge in [0.1, 0.15) is 0 Å². The van der Waals surface area contributed by atoms with Crippen molar-refractivity contribution in [1.29, 1.82) is 0 Å². The van der Waals surface area contributed by atoms with Crippen molar-refractivity contribution < 1.29 is 14.3 Å². The number of rotatable bonds is 2. The number of carbonyl (C=O) groups is 2. The molecule has 0 saturated carbocycles. The number of ether oxygens (including phenoxy) is 1. The first kappa shape index (κ1) is 14.5. The smallest absolute Gasteiger partial charge is 0.254 e. The van der Waals surface area contributed by atoms with Crippen molar-refractivity contribution >= 4 is 11.8 Å². The van der Waals surface area contributed by atoms with Gasteiger partial charge < -0.3 is 15.4 Å². The van der Waals surface area contributed by atoms with Gasteiger partial charge in [-0.1, -0.05) is 17.7 Å². The molecular formula is C15H20N2O3. The van der Waals surface area contributed by atoms with Crippen molar-refractivity contribution in [2.45, 2.75) is 33.0 Å². The van der Waals surface area contributed by atoms with Crippen molar-refractivity contribution in [2.24, 2.45) is 5.73 Å². The van der Waals surface area contributed by atoms with Gasteiger partial charge in [0.05, 0.1) is 12.6 Å². The number of aryl methyl sites for hydroxylation is 2. The normalized spacial score (nSPS) is 22.6. The Kier molecular flexibility index (Phi) is 4.09. The van der Waals surface area contributed by atoms with Crippen LogP contribution in [0, 0.1) is 13.8 Å². The number of amides is 2. The van der Waals surface area contributed by atoms with Gasteiger partial charge in [-0.3, -0.25) is 9.59 Å². The molecule has 1 unspecified atom stereocenters. The molecule has 0 aromatic heterocycles. The molecule has 1 fully saturated rings. The molecule has 0 bridgehead atoms. The molecule has 1 aromatic carbocycles. The molecule has 1 aliphatic heterocycles. The fourth-order valence-corrected chi connectivity index (χ4v) is 2.50. The highest BCUT2D eigenvalue weighted by Gasteiger charge is 2.32. The molecular weight excluding hydrogens is 256 g/mol. The van der Waals surface area contributed by atoms with Gasteiger partial charge in [-0.05, 0) is 32.4 Å². The minimum absolute atomic E-state index is 0.0797. The Hall–Kier alpha value is -1.88. The van der Waals surface area contributed by atoms with E-state index in [0.717, 1.165) is 11.1 Å². The predicted molar refractivity (Wildman–Crippen MR) is 75.3 cm³/mol. The fourth-order valence-electron chi connectivity index (χ4n) is 2.50. The summed E-state index contributed by atoms with van der Waals surface area (Å²) in [6.45, 7) is 6.41. The lowest BCUT2D eigenvalue weighted by Crippen LogP contribution is -2.53. The van der Waals surface area contributed by atoms with Crippen LogP contribution in [0.15, 0.2) is 18.2 Å². The summed E-state index contributed by atoms with van der Waals surface area (Å²) in [6, 6.07) is 5.71. The third-order valence-corrected chi connectivity index (χ3v) is 3.48. The number of nitrogens with two attached hydrogens (primary N) is 1. The number of primary amides is 1. The fraction of sp³-hybridized carbons (Fsp3) is 0.467. The van der Waals surface area contributed by atoms with E-state index >= 15 is 0 Å². The Morgan fingerprint density at radius 3 is 2.60 bits per heavy atom. The Morgan fingerprint density at radius 1 is 1.30 bits per heavy atom. The lowest BCUT2D eigenvalue weighted by atomic mass is 10.0. The van der Waals surface area contributed by atoms with Crippen LogP contribution in [0.2, 0.25) is 0 Å². The van der Waals surface area contributed by atoms with Crippen LogP contribution >= 0.6 is 0 Å². The van der Waals surface area contributed by atoms with Crippen LogP contribution in [0.4, 0.5) is 0 Å². The van der Waals surface area contributed by atoms with Crippen molar-refractivity contribution in [3.63, 3.8) is 0 Å². The summed E-state index contributed by atoms with van der Waals surface area (Å²) in [4.78, 5) is 25.5. The van der Waals surface area contributed by atoms with Crippen molar-refractivity contribution in [3.8, 4) is 0 Å². The van der Waals surface area contributed by atoms with Gasteiger partial charge >= 0.3 is 0 Å². The Labute approximate surface area is 118 Å². The summed E-state index contributed by atoms with van der Waals surface area (Å²) in [5.41, 5.74) is 7.99. The monoisotopic (exact) mass is 276 g/mol. The third kappa shape index (κ3) is 2.99. The van der Waals surface area contributed by atoms with Crippen molar-refractivity contribution in [3.05, 3.63) is 34.9 Å². The van der Waals surface area contributed by atoms with E-state index in [0.29, 0.717) is 12.1 Å². The summed E-state index contributed by atoms with van der Waals surface area (Å²) in [5, 5.41) is 0. The van der Waals surface area contributed by atoms with Crippen LogP contribution in [0.25, 0.3) is 0 Å². The zero-order chi connectivity index (χ0) is 14.9. The number of morpholine rings is 1. The van der Waals surface area contributed by atoms with Crippen molar-refractivity contribution in [1.82, 2.24) is 4.90 Å². The van der Waals surface area contributed by atoms with Gasteiger partial charge in [-0.25, -0.2) is 0 Å². The van der Waals surface area contributed by atoms with E-state index in [2.05, 4.69) is 0 Å². The van der Waals surface area contributed by atoms with Gasteiger partial charge in [0.2, 0.25) is 5.91 Å². The summed E-state index contributed by atoms with van der Waals surface area (Å²) < 4.78 is 5.44. The molecule has 0 spiro atoms. The first-order valence-electron chi connectivity index (χ1n) is 6.69. The third-order valence-electron chi connectivity index (χ3n) is 3.48. The van der Waals surface area contributed by atoms with E-state index in [1.54, 1.807) is 4.90 Å². The number of hydrogen-bond donors (Lipinski definition) is 1. The lowest BCUT2D eigenvalue weighted by Gasteiger charge is -2.35. The van der Waals surface area contributed by atoms with Crippen LogP contribution in [-0.2, 0) is 9.53 Å². The number of carbonyl (C=O) groups excluding carboxylic acids is 2. The SMILES string of the molecule is Cc1ccc(C(=O)N2CC(C(N)=O)O[C@H](C)C2)c(C)c1. The van der Waals surface area contributed by atoms with Crippen LogP contribution in [0.3, 0.4) is 0 Å². The molecule has 2 amide bonds. The van der Waals surface area contributed by atoms with Gasteiger partial charge in [0.25, 0.3) is 5.91 Å². The maximum atomic E-state index is 12.6. The van der Waals surface area contributed by atoms with E-state index < -0.39 is 12.0 Å². The average Bonchev–Trinajstić information content (AvgIpc) is 2.37. The summed E-state index contributed by atoms with van der Waals surface area (Å²) >= 11 is 0. The summed E-state index contributed by atoms with van der Waals surface area (Å²) in [7, 11) is 0. The Balaban J connectivity index is 2.21. The summed E-state index contributed by atoms with van der Waals surface area (Å²) in [6.07, 6.45) is -0.926. The first-order chi connectivity index (χ1) is 9.38. The molecule has 1 saturated heterocycles. The molecule has 5 nitrogen and oxygen atoms in total. The van der Waals surface area contributed by atoms with E-state index in [4.69, 9.17) is 10.5 Å². The molecule has 1 aromatic rings. The second-order valence-corrected chi connectivity index (χ2v) is 5.37. The van der Waals surface area contributed by atoms with E-state index in [1.165, 1.54) is 0 Å². The molecule has 2 atom stereocenters. The van der Waals surface area contributed by atoms with E-state index in [-0.39, 0.29) is 18.6 Å². The molecule has 108 valence electrons. The number of nitrogens with zero attached hydrogens (tertiary/aromatic N) is 1. The largest absolute Gasteiger partial charge is 0.367 e. The maximum absolute atomic E-state index is 12.6. The number of benzene rings is 1. The quantitative estimate of drug-likeness (QED) is 0.876. The summed E-state index contributed by atoms with van der Waals surface area (Å²) in [5.74, 6) is -0.612. The highest BCUT2D eigenvalue weighted by Crippen LogP contribution is 2.17. The molecule has 2 rings (SSSR count). The molecule has 5 heteroatoms. The van der Waals surface area contributed by atoms with Gasteiger partial charge in [-0.2, -0.15) is 0 Å². The zero-order valence-corrected chi connectivity index (χ0v) is 12.1. The zero-order valence-electron chi connectivity index (χ0n) is 12.1. The van der Waals surface area contributed by atoms with E-state index in [1.807, 2.05) is 39.0 Å². The molecule has 0 radical (unpaired) electrons. The van der Waals surface area contributed by atoms with Crippen LogP contribution in [0.5, 0.6) is 0 Å². The molecule has 0 aliphatic carbocycles. The molecule has 2 N–H and O–H groups in total. The number of hydrogen-bond acceptors (Lipinski definition) is 3. The Morgan fingerprint density at radius 2 is 2.00 bits per heavy atom. The topological polar surface area (TPSA) is 72.6 Å². The van der Waals surface area contributed by atoms with Crippen LogP contribution < -0.4 is 5.73 Å². The van der Waals surface area contributed by atoms with Gasteiger partial charge in [0, 0.05) is 12.1 Å². The second-order valence-electron chi connectivity index (χ2n) is 5.37. The van der Waals surface area contributed by atoms with Crippen LogP contribution in [-0.4, -0.2) is 42.0 Å². The Bertz CT molecular complexity index is 542. The highest BCUT2D eigenvalue weighted by atomic mass is 16.5. The molecule has 1 aliphatic rings. The second kappa shape index (κ2) is 5.63. The molecule has 20 heavy (non-hydrogen) atoms.